The van der Waals surface area contributed by atoms with Crippen molar-refractivity contribution in [1.29, 1.82) is 0 Å². The third-order valence-corrected chi connectivity index (χ3v) is 5.28. The van der Waals surface area contributed by atoms with Gasteiger partial charge >= 0.3 is 5.97 Å². The maximum atomic E-state index is 13.9. The summed E-state index contributed by atoms with van der Waals surface area (Å²) in [6.45, 7) is 5.53. The van der Waals surface area contributed by atoms with Crippen molar-refractivity contribution in [2.45, 2.75) is 20.8 Å². The largest absolute Gasteiger partial charge is 0.490 e. The number of nitrogens with zero attached hydrogens (tertiary/aromatic N) is 3. The van der Waals surface area contributed by atoms with E-state index in [1.165, 1.54) is 12.1 Å². The normalized spacial score (nSPS) is 14.8. The smallest absolute Gasteiger partial charge is 0.326 e. The van der Waals surface area contributed by atoms with Gasteiger partial charge in [0, 0.05) is 0 Å². The van der Waals surface area contributed by atoms with Gasteiger partial charge in [0.2, 0.25) is 11.1 Å². The molecule has 180 valence electrons. The number of carbonyl (C=O) groups is 3. The molecule has 12 heteroatoms. The van der Waals surface area contributed by atoms with Gasteiger partial charge in [0.1, 0.15) is 6.54 Å². The van der Waals surface area contributed by atoms with Gasteiger partial charge in [0.25, 0.3) is 17.0 Å². The van der Waals surface area contributed by atoms with Crippen LogP contribution in [0, 0.1) is 11.7 Å². The zero-order valence-corrected chi connectivity index (χ0v) is 20.1. The van der Waals surface area contributed by atoms with Crippen LogP contribution in [0.4, 0.5) is 9.18 Å². The Morgan fingerprint density at radius 2 is 2.06 bits per heavy atom. The van der Waals surface area contributed by atoms with Gasteiger partial charge in [-0.3, -0.25) is 19.3 Å². The number of aromatic nitrogens is 2. The van der Waals surface area contributed by atoms with Crippen molar-refractivity contribution in [3.05, 3.63) is 46.0 Å². The first-order valence-electron chi connectivity index (χ1n) is 10.2. The summed E-state index contributed by atoms with van der Waals surface area (Å²) in [6, 6.07) is 4.65. The molecule has 0 N–H and O–H groups in total. The number of amides is 2. The Kier molecular flexibility index (Phi) is 8.46. The summed E-state index contributed by atoms with van der Waals surface area (Å²) in [7, 11) is 0. The van der Waals surface area contributed by atoms with Gasteiger partial charge in [-0.15, -0.1) is 0 Å². The number of hydrogen-bond acceptors (Lipinski definition) is 9. The van der Waals surface area contributed by atoms with Gasteiger partial charge in [-0.25, -0.2) is 4.98 Å². The molecule has 0 atom stereocenters. The van der Waals surface area contributed by atoms with Gasteiger partial charge in [-0.2, -0.15) is 9.37 Å². The number of imide groups is 1. The number of carbonyl (C=O) groups excluding carboxylic acids is 3. The zero-order valence-electron chi connectivity index (χ0n) is 18.5. The molecule has 1 aliphatic heterocycles. The first kappa shape index (κ1) is 25.4. The van der Waals surface area contributed by atoms with E-state index in [9.17, 15) is 18.8 Å². The molecule has 0 spiro atoms. The molecule has 1 aromatic heterocycles. The van der Waals surface area contributed by atoms with E-state index in [1.807, 2.05) is 13.8 Å². The van der Waals surface area contributed by atoms with E-state index in [4.69, 9.17) is 25.8 Å². The molecular formula is C22H21ClFN3O6S. The lowest BCUT2D eigenvalue weighted by Gasteiger charge is -2.13. The maximum Gasteiger partial charge on any atom is 0.326 e. The Bertz CT molecular complexity index is 1140. The van der Waals surface area contributed by atoms with Gasteiger partial charge in [0.15, 0.2) is 11.5 Å². The van der Waals surface area contributed by atoms with Crippen molar-refractivity contribution in [3.63, 3.8) is 0 Å². The summed E-state index contributed by atoms with van der Waals surface area (Å²) in [5.74, 6) is -1.90. The Balaban J connectivity index is 1.79. The highest BCUT2D eigenvalue weighted by Gasteiger charge is 2.36. The average Bonchev–Trinajstić information content (AvgIpc) is 3.04. The molecule has 3 rings (SSSR count). The molecule has 2 aromatic rings. The Morgan fingerprint density at radius 3 is 2.76 bits per heavy atom. The van der Waals surface area contributed by atoms with E-state index in [0.717, 1.165) is 11.1 Å². The number of hydrogen-bond donors (Lipinski definition) is 0. The third-order valence-electron chi connectivity index (χ3n) is 4.19. The van der Waals surface area contributed by atoms with Crippen LogP contribution in [0.1, 0.15) is 26.3 Å². The Labute approximate surface area is 204 Å². The van der Waals surface area contributed by atoms with Gasteiger partial charge in [-0.1, -0.05) is 19.9 Å². The highest BCUT2D eigenvalue weighted by Crippen LogP contribution is 2.36. The molecule has 2 heterocycles. The quantitative estimate of drug-likeness (QED) is 0.270. The lowest BCUT2D eigenvalue weighted by molar-refractivity contribution is -0.147. The van der Waals surface area contributed by atoms with Crippen LogP contribution in [0.5, 0.6) is 17.4 Å². The molecular weight excluding hydrogens is 489 g/mol. The van der Waals surface area contributed by atoms with Crippen LogP contribution in [0.3, 0.4) is 0 Å². The number of halogens is 2. The van der Waals surface area contributed by atoms with E-state index in [-0.39, 0.29) is 46.7 Å². The predicted octanol–water partition coefficient (Wildman–Crippen LogP) is 4.70. The van der Waals surface area contributed by atoms with E-state index in [1.54, 1.807) is 19.1 Å². The molecule has 9 nitrogen and oxygen atoms in total. The highest BCUT2D eigenvalue weighted by molar-refractivity contribution is 8.18. The topological polar surface area (TPSA) is 108 Å². The van der Waals surface area contributed by atoms with Crippen molar-refractivity contribution in [2.75, 3.05) is 19.8 Å². The minimum atomic E-state index is -0.809. The monoisotopic (exact) mass is 509 g/mol. The van der Waals surface area contributed by atoms with Crippen LogP contribution in [-0.4, -0.2) is 51.7 Å². The number of rotatable bonds is 9. The minimum absolute atomic E-state index is 0.131. The summed E-state index contributed by atoms with van der Waals surface area (Å²) in [5, 5.41) is -0.756. The third kappa shape index (κ3) is 6.45. The van der Waals surface area contributed by atoms with E-state index in [2.05, 4.69) is 9.97 Å². The summed E-state index contributed by atoms with van der Waals surface area (Å²) in [5.41, 5.74) is 0.518. The lowest BCUT2D eigenvalue weighted by atomic mass is 10.2. The molecule has 1 saturated heterocycles. The maximum absolute atomic E-state index is 13.9. The van der Waals surface area contributed by atoms with Gasteiger partial charge < -0.3 is 14.2 Å². The Morgan fingerprint density at radius 1 is 1.29 bits per heavy atom. The van der Waals surface area contributed by atoms with E-state index in [0.29, 0.717) is 17.3 Å². The second-order valence-electron chi connectivity index (χ2n) is 7.38. The van der Waals surface area contributed by atoms with E-state index < -0.39 is 29.5 Å². The molecule has 0 saturated carbocycles. The standard InChI is InChI=1S/C22H21ClFN3O6S/c1-4-31-16-7-13(5-6-15(16)33-19-14(24)9-25-21(23)26-19)8-17-20(29)27(22(30)34-17)10-18(28)32-11-12(2)3/h5-9,12H,4,10-11H2,1-3H3/b17-8+. The zero-order chi connectivity index (χ0) is 24.8. The molecule has 2 amide bonds. The number of benzene rings is 1. The average molecular weight is 510 g/mol. The lowest BCUT2D eigenvalue weighted by Crippen LogP contribution is -2.34. The Hall–Kier alpha value is -3.18. The van der Waals surface area contributed by atoms with Crippen LogP contribution < -0.4 is 9.47 Å². The molecule has 1 aromatic carbocycles. The van der Waals surface area contributed by atoms with Crippen LogP contribution in [0.15, 0.2) is 29.3 Å². The number of thioether (sulfide) groups is 1. The van der Waals surface area contributed by atoms with Crippen LogP contribution >= 0.6 is 23.4 Å². The molecule has 0 radical (unpaired) electrons. The molecule has 34 heavy (non-hydrogen) atoms. The second kappa shape index (κ2) is 11.3. The highest BCUT2D eigenvalue weighted by atomic mass is 35.5. The van der Waals surface area contributed by atoms with Crippen molar-refractivity contribution >= 4 is 46.6 Å². The SMILES string of the molecule is CCOc1cc(/C=C2/SC(=O)N(CC(=O)OCC(C)C)C2=O)ccc1Oc1nc(Cl)ncc1F. The molecule has 0 bridgehead atoms. The number of esters is 1. The minimum Gasteiger partial charge on any atom is -0.490 e. The van der Waals surface area contributed by atoms with Crippen molar-refractivity contribution in [3.8, 4) is 17.4 Å². The summed E-state index contributed by atoms with van der Waals surface area (Å²) in [4.78, 5) is 45.1. The fourth-order valence-corrected chi connectivity index (χ4v) is 3.66. The summed E-state index contributed by atoms with van der Waals surface area (Å²) >= 11 is 6.41. The van der Waals surface area contributed by atoms with Gasteiger partial charge in [0.05, 0.1) is 24.3 Å². The van der Waals surface area contributed by atoms with Crippen molar-refractivity contribution in [1.82, 2.24) is 14.9 Å². The predicted molar refractivity (Wildman–Crippen MR) is 123 cm³/mol. The molecule has 1 fully saturated rings. The van der Waals surface area contributed by atoms with Crippen molar-refractivity contribution in [2.24, 2.45) is 5.92 Å². The van der Waals surface area contributed by atoms with Crippen LogP contribution in [0.2, 0.25) is 5.28 Å². The summed E-state index contributed by atoms with van der Waals surface area (Å²) in [6.07, 6.45) is 2.37. The van der Waals surface area contributed by atoms with Crippen LogP contribution in [-0.2, 0) is 14.3 Å². The molecule has 0 aliphatic carbocycles. The fraction of sp³-hybridized carbons (Fsp3) is 0.318. The fourth-order valence-electron chi connectivity index (χ4n) is 2.70. The number of ether oxygens (including phenoxy) is 3. The van der Waals surface area contributed by atoms with Gasteiger partial charge in [-0.05, 0) is 60.0 Å². The summed E-state index contributed by atoms with van der Waals surface area (Å²) < 4.78 is 30.1. The molecule has 0 unspecified atom stereocenters. The van der Waals surface area contributed by atoms with E-state index >= 15 is 0 Å². The second-order valence-corrected chi connectivity index (χ2v) is 8.71. The first-order chi connectivity index (χ1) is 16.2. The van der Waals surface area contributed by atoms with Crippen LogP contribution in [0.25, 0.3) is 6.08 Å². The first-order valence-corrected chi connectivity index (χ1v) is 11.4. The van der Waals surface area contributed by atoms with Crippen molar-refractivity contribution < 1.29 is 33.0 Å². The molecule has 1 aliphatic rings.